The fraction of sp³-hybridized carbons (Fsp3) is 0.308. The van der Waals surface area contributed by atoms with Gasteiger partial charge in [-0.2, -0.15) is 0 Å². The number of nitrogens with zero attached hydrogens (tertiary/aromatic N) is 1. The van der Waals surface area contributed by atoms with Crippen molar-refractivity contribution in [1.82, 2.24) is 4.98 Å². The minimum Gasteiger partial charge on any atom is -0.398 e. The normalized spacial score (nSPS) is 13.1. The summed E-state index contributed by atoms with van der Waals surface area (Å²) in [6, 6.07) is 4.61. The molecule has 0 aliphatic carbocycles. The number of aryl methyl sites for hydroxylation is 1. The number of nitrogen functional groups attached to an aromatic ring is 1. The van der Waals surface area contributed by atoms with Gasteiger partial charge in [-0.05, 0) is 31.5 Å². The van der Waals surface area contributed by atoms with Crippen molar-refractivity contribution >= 4 is 32.7 Å². The maximum atomic E-state index is 11.3. The van der Waals surface area contributed by atoms with Crippen molar-refractivity contribution in [2.24, 2.45) is 5.14 Å². The minimum atomic E-state index is -3.79. The number of sulfonamides is 1. The van der Waals surface area contributed by atoms with Gasteiger partial charge in [-0.15, -0.1) is 11.3 Å². The van der Waals surface area contributed by atoms with Gasteiger partial charge in [0.25, 0.3) is 0 Å². The van der Waals surface area contributed by atoms with Crippen LogP contribution in [0.25, 0.3) is 0 Å². The molecular weight excluding hydrogens is 308 g/mol. The van der Waals surface area contributed by atoms with E-state index in [1.54, 1.807) is 23.5 Å². The lowest BCUT2D eigenvalue weighted by atomic mass is 10.2. The van der Waals surface area contributed by atoms with E-state index in [0.29, 0.717) is 0 Å². The Morgan fingerprint density at radius 1 is 1.43 bits per heavy atom. The number of anilines is 2. The van der Waals surface area contributed by atoms with Gasteiger partial charge in [0, 0.05) is 16.8 Å². The Morgan fingerprint density at radius 2 is 2.14 bits per heavy atom. The molecule has 5 N–H and O–H groups in total. The zero-order valence-corrected chi connectivity index (χ0v) is 13.5. The van der Waals surface area contributed by atoms with E-state index in [2.05, 4.69) is 17.2 Å². The predicted octanol–water partition coefficient (Wildman–Crippen LogP) is 2.11. The molecule has 1 heterocycles. The van der Waals surface area contributed by atoms with Gasteiger partial charge in [-0.3, -0.25) is 0 Å². The number of rotatable bonds is 5. The van der Waals surface area contributed by atoms with Gasteiger partial charge < -0.3 is 11.1 Å². The fourth-order valence-electron chi connectivity index (χ4n) is 1.90. The smallest absolute Gasteiger partial charge is 0.240 e. The second-order valence-corrected chi connectivity index (χ2v) is 7.36. The van der Waals surface area contributed by atoms with Crippen LogP contribution in [0.15, 0.2) is 29.3 Å². The van der Waals surface area contributed by atoms with Crippen LogP contribution in [0.4, 0.5) is 11.4 Å². The molecule has 0 aliphatic heterocycles. The molecule has 0 aliphatic rings. The molecule has 0 saturated carbocycles. The van der Waals surface area contributed by atoms with E-state index in [0.717, 1.165) is 17.1 Å². The first-order valence-corrected chi connectivity index (χ1v) is 8.81. The van der Waals surface area contributed by atoms with Gasteiger partial charge in [0.1, 0.15) is 9.90 Å². The van der Waals surface area contributed by atoms with E-state index in [9.17, 15) is 8.42 Å². The Labute approximate surface area is 128 Å². The number of nitrogens with two attached hydrogens (primary N) is 2. The number of primary sulfonamides is 1. The summed E-state index contributed by atoms with van der Waals surface area (Å²) in [5.74, 6) is 0. The predicted molar refractivity (Wildman–Crippen MR) is 85.8 cm³/mol. The van der Waals surface area contributed by atoms with Gasteiger partial charge in [0.05, 0.1) is 11.7 Å². The van der Waals surface area contributed by atoms with Crippen LogP contribution in [0.1, 0.15) is 29.8 Å². The van der Waals surface area contributed by atoms with E-state index < -0.39 is 10.0 Å². The maximum absolute atomic E-state index is 11.3. The second kappa shape index (κ2) is 6.00. The van der Waals surface area contributed by atoms with Crippen LogP contribution in [0.3, 0.4) is 0 Å². The Balaban J connectivity index is 2.18. The first-order chi connectivity index (χ1) is 9.81. The van der Waals surface area contributed by atoms with Crippen LogP contribution in [0.5, 0.6) is 0 Å². The van der Waals surface area contributed by atoms with E-state index in [1.165, 1.54) is 10.9 Å². The van der Waals surface area contributed by atoms with Crippen LogP contribution in [-0.2, 0) is 16.4 Å². The van der Waals surface area contributed by atoms with E-state index in [1.807, 2.05) is 13.1 Å². The molecule has 0 fully saturated rings. The summed E-state index contributed by atoms with van der Waals surface area (Å²) in [6.07, 6.45) is 2.83. The number of aromatic nitrogens is 1. The lowest BCUT2D eigenvalue weighted by molar-refractivity contribution is 0.598. The molecule has 21 heavy (non-hydrogen) atoms. The first-order valence-electron chi connectivity index (χ1n) is 6.44. The molecule has 8 heteroatoms. The Bertz CT molecular complexity index is 740. The number of benzene rings is 1. The van der Waals surface area contributed by atoms with E-state index >= 15 is 0 Å². The summed E-state index contributed by atoms with van der Waals surface area (Å²) >= 11 is 1.65. The first kappa shape index (κ1) is 15.7. The zero-order valence-electron chi connectivity index (χ0n) is 11.8. The molecule has 0 radical (unpaired) electrons. The van der Waals surface area contributed by atoms with Gasteiger partial charge in [-0.1, -0.05) is 6.92 Å². The van der Waals surface area contributed by atoms with Crippen LogP contribution < -0.4 is 16.2 Å². The molecule has 0 bridgehead atoms. The fourth-order valence-corrected chi connectivity index (χ4v) is 3.40. The van der Waals surface area contributed by atoms with Gasteiger partial charge in [-0.25, -0.2) is 18.5 Å². The molecule has 0 amide bonds. The number of hydrogen-bond acceptors (Lipinski definition) is 6. The molecule has 0 saturated heterocycles. The molecule has 2 rings (SSSR count). The summed E-state index contributed by atoms with van der Waals surface area (Å²) in [4.78, 5) is 5.53. The van der Waals surface area contributed by atoms with Crippen molar-refractivity contribution in [2.45, 2.75) is 31.2 Å². The van der Waals surface area contributed by atoms with Crippen LogP contribution in [0, 0.1) is 0 Å². The highest BCUT2D eigenvalue weighted by Crippen LogP contribution is 2.27. The zero-order chi connectivity index (χ0) is 15.6. The van der Waals surface area contributed by atoms with Crippen molar-refractivity contribution in [1.29, 1.82) is 0 Å². The highest BCUT2D eigenvalue weighted by molar-refractivity contribution is 7.89. The lowest BCUT2D eigenvalue weighted by Gasteiger charge is -2.14. The summed E-state index contributed by atoms with van der Waals surface area (Å²) in [6.45, 7) is 4.07. The Morgan fingerprint density at radius 3 is 2.67 bits per heavy atom. The standard InChI is InChI=1S/C13H18N4O2S2/c1-3-10-7-16-13(20-10)8(2)17-9-4-5-12(11(14)6-9)21(15,18)19/h4-8,17H,3,14H2,1-2H3,(H2,15,18,19). The topological polar surface area (TPSA) is 111 Å². The van der Waals surface area contributed by atoms with Crippen LogP contribution in [-0.4, -0.2) is 13.4 Å². The SMILES string of the molecule is CCc1cnc(C(C)Nc2ccc(S(N)(=O)=O)c(N)c2)s1. The molecule has 1 atom stereocenters. The number of nitrogens with one attached hydrogen (secondary N) is 1. The van der Waals surface area contributed by atoms with Crippen LogP contribution >= 0.6 is 11.3 Å². The molecule has 6 nitrogen and oxygen atoms in total. The lowest BCUT2D eigenvalue weighted by Crippen LogP contribution is -2.14. The largest absolute Gasteiger partial charge is 0.398 e. The van der Waals surface area contributed by atoms with Crippen molar-refractivity contribution in [2.75, 3.05) is 11.1 Å². The third kappa shape index (κ3) is 3.72. The van der Waals surface area contributed by atoms with Crippen molar-refractivity contribution in [3.63, 3.8) is 0 Å². The van der Waals surface area contributed by atoms with Gasteiger partial charge >= 0.3 is 0 Å². The van der Waals surface area contributed by atoms with Crippen LogP contribution in [0.2, 0.25) is 0 Å². The molecule has 1 aromatic heterocycles. The van der Waals surface area contributed by atoms with Crippen molar-refractivity contribution in [3.05, 3.63) is 34.3 Å². The monoisotopic (exact) mass is 326 g/mol. The molecular formula is C13H18N4O2S2. The summed E-state index contributed by atoms with van der Waals surface area (Å²) < 4.78 is 22.6. The molecule has 0 spiro atoms. The van der Waals surface area contributed by atoms with E-state index in [-0.39, 0.29) is 16.6 Å². The summed E-state index contributed by atoms with van der Waals surface area (Å²) in [5.41, 5.74) is 6.59. The Kier molecular flexibility index (Phi) is 4.50. The number of thiazole rings is 1. The molecule has 2 aromatic rings. The average molecular weight is 326 g/mol. The van der Waals surface area contributed by atoms with E-state index in [4.69, 9.17) is 10.9 Å². The molecule has 1 aromatic carbocycles. The van der Waals surface area contributed by atoms with Gasteiger partial charge in [0.15, 0.2) is 0 Å². The maximum Gasteiger partial charge on any atom is 0.240 e. The minimum absolute atomic E-state index is 0.00929. The van der Waals surface area contributed by atoms with Crippen molar-refractivity contribution < 1.29 is 8.42 Å². The third-order valence-corrected chi connectivity index (χ3v) is 5.30. The third-order valence-electron chi connectivity index (χ3n) is 2.99. The average Bonchev–Trinajstić information content (AvgIpc) is 2.86. The van der Waals surface area contributed by atoms with Gasteiger partial charge in [0.2, 0.25) is 10.0 Å². The quantitative estimate of drug-likeness (QED) is 0.729. The summed E-state index contributed by atoms with van der Waals surface area (Å²) in [7, 11) is -3.79. The highest BCUT2D eigenvalue weighted by Gasteiger charge is 2.14. The second-order valence-electron chi connectivity index (χ2n) is 4.68. The summed E-state index contributed by atoms with van der Waals surface area (Å²) in [5, 5.41) is 9.30. The van der Waals surface area contributed by atoms with Crippen molar-refractivity contribution in [3.8, 4) is 0 Å². The molecule has 114 valence electrons. The Hall–Kier alpha value is -1.64. The highest BCUT2D eigenvalue weighted by atomic mass is 32.2. The number of hydrogen-bond donors (Lipinski definition) is 3. The molecule has 1 unspecified atom stereocenters.